The van der Waals surface area contributed by atoms with E-state index in [4.69, 9.17) is 4.52 Å². The second-order valence-corrected chi connectivity index (χ2v) is 5.99. The first kappa shape index (κ1) is 16.9. The average molecular weight is 340 g/mol. The van der Waals surface area contributed by atoms with Crippen LogP contribution in [0.25, 0.3) is 0 Å². The van der Waals surface area contributed by atoms with Crippen molar-refractivity contribution in [2.45, 2.75) is 26.2 Å². The van der Waals surface area contributed by atoms with Gasteiger partial charge in [-0.25, -0.2) is 0 Å². The minimum Gasteiger partial charge on any atom is -0.361 e. The van der Waals surface area contributed by atoms with Crippen molar-refractivity contribution in [3.63, 3.8) is 0 Å². The van der Waals surface area contributed by atoms with Crippen LogP contribution in [-0.4, -0.2) is 46.1 Å². The molecular weight excluding hydrogens is 321 g/mol. The fourth-order valence-corrected chi connectivity index (χ4v) is 2.89. The second kappa shape index (κ2) is 6.90. The van der Waals surface area contributed by atoms with E-state index in [0.717, 1.165) is 24.5 Å². The number of pyridine rings is 1. The van der Waals surface area contributed by atoms with E-state index >= 15 is 0 Å². The van der Waals surface area contributed by atoms with Crippen LogP contribution in [0.4, 0.5) is 13.2 Å². The van der Waals surface area contributed by atoms with Crippen LogP contribution in [0.15, 0.2) is 28.9 Å². The van der Waals surface area contributed by atoms with Crippen LogP contribution in [0, 0.1) is 6.92 Å². The zero-order valence-corrected chi connectivity index (χ0v) is 13.4. The van der Waals surface area contributed by atoms with Gasteiger partial charge in [-0.2, -0.15) is 13.2 Å². The summed E-state index contributed by atoms with van der Waals surface area (Å²) in [7, 11) is 0. The van der Waals surface area contributed by atoms with Gasteiger partial charge >= 0.3 is 6.18 Å². The van der Waals surface area contributed by atoms with Gasteiger partial charge in [-0.3, -0.25) is 14.8 Å². The van der Waals surface area contributed by atoms with Gasteiger partial charge < -0.3 is 4.52 Å². The van der Waals surface area contributed by atoms with Crippen LogP contribution in [0.2, 0.25) is 0 Å². The molecule has 1 fully saturated rings. The quantitative estimate of drug-likeness (QED) is 0.856. The highest BCUT2D eigenvalue weighted by molar-refractivity contribution is 5.22. The maximum Gasteiger partial charge on any atom is 0.433 e. The van der Waals surface area contributed by atoms with Crippen LogP contribution in [0.3, 0.4) is 0 Å². The Morgan fingerprint density at radius 1 is 1.12 bits per heavy atom. The highest BCUT2D eigenvalue weighted by Crippen LogP contribution is 2.30. The van der Waals surface area contributed by atoms with Gasteiger partial charge in [0.1, 0.15) is 11.5 Å². The van der Waals surface area contributed by atoms with E-state index in [0.29, 0.717) is 19.6 Å². The molecule has 0 saturated carbocycles. The van der Waals surface area contributed by atoms with Crippen LogP contribution >= 0.6 is 0 Å². The van der Waals surface area contributed by atoms with Gasteiger partial charge in [0.25, 0.3) is 0 Å². The van der Waals surface area contributed by atoms with Gasteiger partial charge in [0, 0.05) is 51.5 Å². The van der Waals surface area contributed by atoms with Crippen molar-refractivity contribution < 1.29 is 17.7 Å². The van der Waals surface area contributed by atoms with Crippen molar-refractivity contribution in [3.8, 4) is 0 Å². The average Bonchev–Trinajstić information content (AvgIpc) is 2.94. The van der Waals surface area contributed by atoms with Crippen LogP contribution in [0.5, 0.6) is 0 Å². The van der Waals surface area contributed by atoms with Gasteiger partial charge in [-0.05, 0) is 18.6 Å². The molecule has 0 aromatic carbocycles. The fraction of sp³-hybridized carbons (Fsp3) is 0.500. The van der Waals surface area contributed by atoms with Crippen molar-refractivity contribution >= 4 is 0 Å². The van der Waals surface area contributed by atoms with E-state index in [1.807, 2.05) is 17.9 Å². The first-order chi connectivity index (χ1) is 11.4. The van der Waals surface area contributed by atoms with Crippen molar-refractivity contribution in [2.24, 2.45) is 0 Å². The molecule has 3 heterocycles. The van der Waals surface area contributed by atoms with E-state index in [-0.39, 0.29) is 12.1 Å². The molecule has 0 bridgehead atoms. The lowest BCUT2D eigenvalue weighted by Crippen LogP contribution is -2.45. The van der Waals surface area contributed by atoms with Gasteiger partial charge in [-0.1, -0.05) is 11.2 Å². The Kier molecular flexibility index (Phi) is 4.86. The third-order valence-corrected chi connectivity index (χ3v) is 4.08. The number of alkyl halides is 3. The van der Waals surface area contributed by atoms with Crippen LogP contribution in [0.1, 0.15) is 22.7 Å². The van der Waals surface area contributed by atoms with E-state index < -0.39 is 11.9 Å². The lowest BCUT2D eigenvalue weighted by Gasteiger charge is -2.34. The van der Waals surface area contributed by atoms with Crippen molar-refractivity contribution in [2.75, 3.05) is 26.2 Å². The zero-order chi connectivity index (χ0) is 17.2. The molecule has 0 amide bonds. The van der Waals surface area contributed by atoms with E-state index in [1.54, 1.807) is 6.07 Å². The Bertz CT molecular complexity index is 678. The highest BCUT2D eigenvalue weighted by atomic mass is 19.4. The molecule has 8 heteroatoms. The lowest BCUT2D eigenvalue weighted by molar-refractivity contribution is -0.142. The predicted molar refractivity (Wildman–Crippen MR) is 81.0 cm³/mol. The maximum absolute atomic E-state index is 13.0. The summed E-state index contributed by atoms with van der Waals surface area (Å²) in [6, 6.07) is 4.95. The van der Waals surface area contributed by atoms with Crippen molar-refractivity contribution in [3.05, 3.63) is 47.1 Å². The summed E-state index contributed by atoms with van der Waals surface area (Å²) in [6.45, 7) is 5.80. The van der Waals surface area contributed by atoms with E-state index in [1.165, 1.54) is 12.3 Å². The topological polar surface area (TPSA) is 45.4 Å². The summed E-state index contributed by atoms with van der Waals surface area (Å²) >= 11 is 0. The number of hydrogen-bond donors (Lipinski definition) is 0. The molecule has 0 N–H and O–H groups in total. The molecule has 130 valence electrons. The highest BCUT2D eigenvalue weighted by Gasteiger charge is 2.35. The van der Waals surface area contributed by atoms with Crippen LogP contribution in [-0.2, 0) is 19.3 Å². The monoisotopic (exact) mass is 340 g/mol. The van der Waals surface area contributed by atoms with E-state index in [2.05, 4.69) is 15.0 Å². The normalized spacial score (nSPS) is 17.3. The summed E-state index contributed by atoms with van der Waals surface area (Å²) in [5, 5.41) is 3.97. The van der Waals surface area contributed by atoms with Gasteiger partial charge in [0.05, 0.1) is 5.69 Å². The van der Waals surface area contributed by atoms with Crippen LogP contribution < -0.4 is 0 Å². The van der Waals surface area contributed by atoms with Crippen molar-refractivity contribution in [1.82, 2.24) is 19.9 Å². The standard InChI is InChI=1S/C16H19F3N4O/c1-12-9-14(21-24-12)11-23-7-5-22(6-8-23)10-13-3-2-4-20-15(13)16(17,18)19/h2-4,9H,5-8,10-11H2,1H3. The Balaban J connectivity index is 1.56. The molecule has 1 aliphatic heterocycles. The maximum atomic E-state index is 13.0. The molecule has 24 heavy (non-hydrogen) atoms. The Morgan fingerprint density at radius 3 is 2.38 bits per heavy atom. The Labute approximate surface area is 138 Å². The number of aromatic nitrogens is 2. The number of nitrogens with zero attached hydrogens (tertiary/aromatic N) is 4. The molecule has 5 nitrogen and oxygen atoms in total. The second-order valence-electron chi connectivity index (χ2n) is 5.99. The molecule has 3 rings (SSSR count). The smallest absolute Gasteiger partial charge is 0.361 e. The third-order valence-electron chi connectivity index (χ3n) is 4.08. The SMILES string of the molecule is Cc1cc(CN2CCN(Cc3cccnc3C(F)(F)F)CC2)no1. The number of rotatable bonds is 4. The lowest BCUT2D eigenvalue weighted by atomic mass is 10.1. The third kappa shape index (κ3) is 4.12. The summed E-state index contributed by atoms with van der Waals surface area (Å²) in [6.07, 6.45) is -3.23. The minimum absolute atomic E-state index is 0.227. The molecule has 2 aromatic rings. The summed E-state index contributed by atoms with van der Waals surface area (Å²) < 4.78 is 44.1. The fourth-order valence-electron chi connectivity index (χ4n) is 2.89. The molecule has 1 saturated heterocycles. The Hall–Kier alpha value is -1.93. The molecule has 0 radical (unpaired) electrons. The summed E-state index contributed by atoms with van der Waals surface area (Å²) in [4.78, 5) is 7.76. The Morgan fingerprint density at radius 2 is 1.79 bits per heavy atom. The number of hydrogen-bond acceptors (Lipinski definition) is 5. The first-order valence-electron chi connectivity index (χ1n) is 7.80. The first-order valence-corrected chi connectivity index (χ1v) is 7.80. The van der Waals surface area contributed by atoms with Gasteiger partial charge in [-0.15, -0.1) is 0 Å². The molecule has 1 aliphatic rings. The molecule has 0 spiro atoms. The molecular formula is C16H19F3N4O. The largest absolute Gasteiger partial charge is 0.433 e. The van der Waals surface area contributed by atoms with Gasteiger partial charge in [0.15, 0.2) is 0 Å². The summed E-state index contributed by atoms with van der Waals surface area (Å²) in [5.74, 6) is 0.778. The number of aryl methyl sites for hydroxylation is 1. The molecule has 2 aromatic heterocycles. The van der Waals surface area contributed by atoms with Gasteiger partial charge in [0.2, 0.25) is 0 Å². The molecule has 0 atom stereocenters. The minimum atomic E-state index is -4.41. The van der Waals surface area contributed by atoms with E-state index in [9.17, 15) is 13.2 Å². The summed E-state index contributed by atoms with van der Waals surface area (Å²) in [5.41, 5.74) is 0.323. The van der Waals surface area contributed by atoms with Crippen molar-refractivity contribution in [1.29, 1.82) is 0 Å². The predicted octanol–water partition coefficient (Wildman–Crippen LogP) is 2.71. The molecule has 0 unspecified atom stereocenters. The number of halogens is 3. The molecule has 0 aliphatic carbocycles. The number of piperazine rings is 1. The zero-order valence-electron chi connectivity index (χ0n) is 13.4.